The maximum atomic E-state index is 12.7. The summed E-state index contributed by atoms with van der Waals surface area (Å²) in [5, 5.41) is 3.26. The molecule has 0 bridgehead atoms. The summed E-state index contributed by atoms with van der Waals surface area (Å²) in [6, 6.07) is 12.1. The monoisotopic (exact) mass is 392 g/mol. The SMILES string of the molecule is COc1ccc(N2CCCC2=O)c(NC(=O)Cn2cnc3ccccc3c2=O)c1. The van der Waals surface area contributed by atoms with Crippen molar-refractivity contribution in [1.29, 1.82) is 0 Å². The van der Waals surface area contributed by atoms with Crippen molar-refractivity contribution < 1.29 is 14.3 Å². The van der Waals surface area contributed by atoms with E-state index >= 15 is 0 Å². The molecule has 1 N–H and O–H groups in total. The molecule has 0 radical (unpaired) electrons. The van der Waals surface area contributed by atoms with Crippen molar-refractivity contribution in [2.45, 2.75) is 19.4 Å². The molecule has 0 unspecified atom stereocenters. The fraction of sp³-hybridized carbons (Fsp3) is 0.238. The van der Waals surface area contributed by atoms with E-state index in [-0.39, 0.29) is 18.0 Å². The molecule has 1 aliphatic heterocycles. The first-order chi connectivity index (χ1) is 14.1. The molecule has 0 saturated carbocycles. The Balaban J connectivity index is 1.61. The average molecular weight is 392 g/mol. The van der Waals surface area contributed by atoms with Crippen LogP contribution >= 0.6 is 0 Å². The summed E-state index contributed by atoms with van der Waals surface area (Å²) < 4.78 is 6.51. The molecule has 2 heterocycles. The molecule has 1 aromatic heterocycles. The van der Waals surface area contributed by atoms with E-state index in [1.807, 2.05) is 0 Å². The van der Waals surface area contributed by atoms with E-state index in [1.54, 1.807) is 47.4 Å². The number of hydrogen-bond donors (Lipinski definition) is 1. The second-order valence-corrected chi connectivity index (χ2v) is 6.77. The molecule has 3 aromatic rings. The molecule has 8 nitrogen and oxygen atoms in total. The summed E-state index contributed by atoms with van der Waals surface area (Å²) in [5.41, 5.74) is 1.38. The molecular weight excluding hydrogens is 372 g/mol. The Kier molecular flexibility index (Phi) is 4.99. The number of nitrogens with one attached hydrogen (secondary N) is 1. The topological polar surface area (TPSA) is 93.5 Å². The van der Waals surface area contributed by atoms with Crippen molar-refractivity contribution in [2.75, 3.05) is 23.9 Å². The second-order valence-electron chi connectivity index (χ2n) is 6.77. The lowest BCUT2D eigenvalue weighted by Gasteiger charge is -2.21. The van der Waals surface area contributed by atoms with Crippen molar-refractivity contribution >= 4 is 34.1 Å². The van der Waals surface area contributed by atoms with E-state index in [9.17, 15) is 14.4 Å². The van der Waals surface area contributed by atoms with Crippen LogP contribution < -0.4 is 20.5 Å². The Labute approximate surface area is 166 Å². The van der Waals surface area contributed by atoms with Gasteiger partial charge in [0.15, 0.2) is 0 Å². The summed E-state index contributed by atoms with van der Waals surface area (Å²) in [6.45, 7) is 0.406. The van der Waals surface area contributed by atoms with E-state index < -0.39 is 5.91 Å². The van der Waals surface area contributed by atoms with E-state index in [4.69, 9.17) is 4.74 Å². The smallest absolute Gasteiger partial charge is 0.261 e. The summed E-state index contributed by atoms with van der Waals surface area (Å²) in [7, 11) is 1.53. The Morgan fingerprint density at radius 2 is 2.03 bits per heavy atom. The highest BCUT2D eigenvalue weighted by atomic mass is 16.5. The van der Waals surface area contributed by atoms with Crippen molar-refractivity contribution in [3.8, 4) is 5.75 Å². The van der Waals surface area contributed by atoms with Crippen molar-refractivity contribution in [3.63, 3.8) is 0 Å². The second kappa shape index (κ2) is 7.75. The van der Waals surface area contributed by atoms with E-state index in [0.29, 0.717) is 41.0 Å². The van der Waals surface area contributed by atoms with E-state index in [0.717, 1.165) is 6.42 Å². The van der Waals surface area contributed by atoms with Crippen molar-refractivity contribution in [1.82, 2.24) is 9.55 Å². The van der Waals surface area contributed by atoms with Gasteiger partial charge in [-0.3, -0.25) is 19.0 Å². The molecule has 4 rings (SSSR count). The molecule has 1 aliphatic rings. The minimum absolute atomic E-state index is 0.0145. The van der Waals surface area contributed by atoms with E-state index in [1.165, 1.54) is 18.0 Å². The lowest BCUT2D eigenvalue weighted by atomic mass is 10.2. The van der Waals surface area contributed by atoms with Crippen LogP contribution in [0, 0.1) is 0 Å². The summed E-state index contributed by atoms with van der Waals surface area (Å²) >= 11 is 0. The maximum absolute atomic E-state index is 12.7. The molecule has 0 atom stereocenters. The van der Waals surface area contributed by atoms with Crippen LogP contribution in [0.1, 0.15) is 12.8 Å². The zero-order valence-corrected chi connectivity index (χ0v) is 15.9. The third-order valence-corrected chi connectivity index (χ3v) is 4.89. The first kappa shape index (κ1) is 18.7. The van der Waals surface area contributed by atoms with Crippen molar-refractivity contribution in [2.24, 2.45) is 0 Å². The number of methoxy groups -OCH3 is 1. The molecule has 1 fully saturated rings. The average Bonchev–Trinajstić information content (AvgIpc) is 3.16. The largest absolute Gasteiger partial charge is 0.497 e. The van der Waals surface area contributed by atoms with Crippen LogP contribution in [-0.2, 0) is 16.1 Å². The van der Waals surface area contributed by atoms with Gasteiger partial charge in [0.25, 0.3) is 5.56 Å². The predicted molar refractivity (Wildman–Crippen MR) is 109 cm³/mol. The molecule has 148 valence electrons. The molecule has 2 amide bonds. The van der Waals surface area contributed by atoms with Crippen LogP contribution in [0.25, 0.3) is 10.9 Å². The predicted octanol–water partition coefficient (Wildman–Crippen LogP) is 2.17. The zero-order chi connectivity index (χ0) is 20.4. The summed E-state index contributed by atoms with van der Waals surface area (Å²) in [4.78, 5) is 43.3. The van der Waals surface area contributed by atoms with Crippen LogP contribution in [0.4, 0.5) is 11.4 Å². The number of fused-ring (bicyclic) bond motifs is 1. The number of rotatable bonds is 5. The van der Waals surface area contributed by atoms with Gasteiger partial charge in [0, 0.05) is 19.0 Å². The number of carbonyl (C=O) groups is 2. The number of anilines is 2. The molecule has 8 heteroatoms. The molecule has 1 saturated heterocycles. The summed E-state index contributed by atoms with van der Waals surface area (Å²) in [5.74, 6) is 0.172. The quantitative estimate of drug-likeness (QED) is 0.718. The zero-order valence-electron chi connectivity index (χ0n) is 15.9. The standard InChI is InChI=1S/C21H20N4O4/c1-29-14-8-9-18(25-10-4-7-20(25)27)17(11-14)23-19(26)12-24-13-22-16-6-3-2-5-15(16)21(24)28/h2-3,5-6,8-9,11,13H,4,7,10,12H2,1H3,(H,23,26). The molecule has 2 aromatic carbocycles. The highest BCUT2D eigenvalue weighted by Crippen LogP contribution is 2.33. The van der Waals surface area contributed by atoms with Gasteiger partial charge in [0.2, 0.25) is 11.8 Å². The van der Waals surface area contributed by atoms with E-state index in [2.05, 4.69) is 10.3 Å². The highest BCUT2D eigenvalue weighted by molar-refractivity contribution is 6.02. The third-order valence-electron chi connectivity index (χ3n) is 4.89. The van der Waals surface area contributed by atoms with Gasteiger partial charge in [-0.05, 0) is 30.7 Å². The van der Waals surface area contributed by atoms with Crippen LogP contribution in [-0.4, -0.2) is 35.0 Å². The van der Waals surface area contributed by atoms with Gasteiger partial charge in [-0.2, -0.15) is 0 Å². The number of hydrogen-bond acceptors (Lipinski definition) is 5. The van der Waals surface area contributed by atoms with Crippen LogP contribution in [0.5, 0.6) is 5.75 Å². The van der Waals surface area contributed by atoms with Crippen LogP contribution in [0.3, 0.4) is 0 Å². The minimum atomic E-state index is -0.398. The van der Waals surface area contributed by atoms with Gasteiger partial charge in [-0.15, -0.1) is 0 Å². The Morgan fingerprint density at radius 3 is 2.79 bits per heavy atom. The molecule has 0 spiro atoms. The fourth-order valence-corrected chi connectivity index (χ4v) is 3.44. The molecule has 0 aliphatic carbocycles. The number of carbonyl (C=O) groups excluding carboxylic acids is 2. The first-order valence-corrected chi connectivity index (χ1v) is 9.29. The maximum Gasteiger partial charge on any atom is 0.261 e. The number of ether oxygens (including phenoxy) is 1. The lowest BCUT2D eigenvalue weighted by molar-refractivity contribution is -0.117. The number of nitrogens with zero attached hydrogens (tertiary/aromatic N) is 3. The fourth-order valence-electron chi connectivity index (χ4n) is 3.44. The van der Waals surface area contributed by atoms with Crippen LogP contribution in [0.15, 0.2) is 53.6 Å². The van der Waals surface area contributed by atoms with Crippen molar-refractivity contribution in [3.05, 3.63) is 59.1 Å². The van der Waals surface area contributed by atoms with Gasteiger partial charge in [0.1, 0.15) is 12.3 Å². The number of para-hydroxylation sites is 1. The highest BCUT2D eigenvalue weighted by Gasteiger charge is 2.25. The molecular formula is C21H20N4O4. The first-order valence-electron chi connectivity index (χ1n) is 9.29. The van der Waals surface area contributed by atoms with Gasteiger partial charge in [0.05, 0.1) is 35.7 Å². The lowest BCUT2D eigenvalue weighted by Crippen LogP contribution is -2.29. The van der Waals surface area contributed by atoms with Gasteiger partial charge >= 0.3 is 0 Å². The Bertz CT molecular complexity index is 1150. The number of benzene rings is 2. The third kappa shape index (κ3) is 3.69. The van der Waals surface area contributed by atoms with Crippen LogP contribution in [0.2, 0.25) is 0 Å². The Hall–Kier alpha value is -3.68. The minimum Gasteiger partial charge on any atom is -0.497 e. The Morgan fingerprint density at radius 1 is 1.21 bits per heavy atom. The van der Waals surface area contributed by atoms with Gasteiger partial charge in [-0.25, -0.2) is 4.98 Å². The normalized spacial score (nSPS) is 13.7. The summed E-state index contributed by atoms with van der Waals surface area (Å²) in [6.07, 6.45) is 2.62. The number of aromatic nitrogens is 2. The number of amides is 2. The van der Waals surface area contributed by atoms with Gasteiger partial charge < -0.3 is 15.0 Å². The molecule has 29 heavy (non-hydrogen) atoms. The van der Waals surface area contributed by atoms with Gasteiger partial charge in [-0.1, -0.05) is 12.1 Å².